The van der Waals surface area contributed by atoms with Crippen LogP contribution in [-0.2, 0) is 12.1 Å². The van der Waals surface area contributed by atoms with E-state index in [0.717, 1.165) is 11.1 Å². The molecule has 1 atom stereocenters. The smallest absolute Gasteiger partial charge is 0.264 e. The Morgan fingerprint density at radius 3 is 2.71 bits per heavy atom. The molecule has 1 aliphatic rings. The Morgan fingerprint density at radius 2 is 1.86 bits per heavy atom. The van der Waals surface area contributed by atoms with E-state index in [4.69, 9.17) is 0 Å². The van der Waals surface area contributed by atoms with Crippen LogP contribution >= 0.6 is 0 Å². The van der Waals surface area contributed by atoms with Gasteiger partial charge in [0.05, 0.1) is 10.9 Å². The van der Waals surface area contributed by atoms with Crippen LogP contribution in [-0.4, -0.2) is 14.7 Å². The van der Waals surface area contributed by atoms with Crippen molar-refractivity contribution >= 4 is 10.9 Å². The van der Waals surface area contributed by atoms with Gasteiger partial charge in [-0.1, -0.05) is 36.4 Å². The fraction of sp³-hybridized carbons (Fsp3) is 0.176. The second kappa shape index (κ2) is 4.02. The standard InChI is InChI=1S/C17H14N2O2/c1-17(21)10-11-6-2-3-7-12(11)15-18-14-9-5-4-8-13(14)16(20)19(15)17/h2-9,21H,10H2,1H3. The summed E-state index contributed by atoms with van der Waals surface area (Å²) in [4.78, 5) is 17.4. The average molecular weight is 278 g/mol. The van der Waals surface area contributed by atoms with Gasteiger partial charge in [-0.05, 0) is 24.6 Å². The van der Waals surface area contributed by atoms with Gasteiger partial charge in [-0.15, -0.1) is 0 Å². The van der Waals surface area contributed by atoms with Crippen LogP contribution < -0.4 is 5.56 Å². The van der Waals surface area contributed by atoms with Gasteiger partial charge < -0.3 is 5.11 Å². The molecule has 2 heterocycles. The van der Waals surface area contributed by atoms with Gasteiger partial charge in [0.1, 0.15) is 11.5 Å². The van der Waals surface area contributed by atoms with Crippen molar-refractivity contribution in [3.63, 3.8) is 0 Å². The highest BCUT2D eigenvalue weighted by Gasteiger charge is 2.34. The van der Waals surface area contributed by atoms with Crippen molar-refractivity contribution in [2.45, 2.75) is 19.1 Å². The predicted molar refractivity (Wildman–Crippen MR) is 81.0 cm³/mol. The fourth-order valence-electron chi connectivity index (χ4n) is 3.09. The van der Waals surface area contributed by atoms with E-state index >= 15 is 0 Å². The zero-order valence-corrected chi connectivity index (χ0v) is 11.6. The molecule has 0 saturated heterocycles. The number of hydrogen-bond acceptors (Lipinski definition) is 3. The molecular weight excluding hydrogens is 264 g/mol. The summed E-state index contributed by atoms with van der Waals surface area (Å²) in [6.45, 7) is 1.66. The normalized spacial score (nSPS) is 20.1. The third kappa shape index (κ3) is 1.66. The van der Waals surface area contributed by atoms with E-state index in [0.29, 0.717) is 23.1 Å². The summed E-state index contributed by atoms with van der Waals surface area (Å²) >= 11 is 0. The van der Waals surface area contributed by atoms with Gasteiger partial charge in [-0.3, -0.25) is 9.36 Å². The molecule has 0 bridgehead atoms. The van der Waals surface area contributed by atoms with Crippen molar-refractivity contribution < 1.29 is 5.11 Å². The first-order chi connectivity index (χ1) is 10.1. The summed E-state index contributed by atoms with van der Waals surface area (Å²) in [7, 11) is 0. The predicted octanol–water partition coefficient (Wildman–Crippen LogP) is 2.28. The molecule has 3 aromatic rings. The molecule has 0 radical (unpaired) electrons. The minimum absolute atomic E-state index is 0.199. The number of hydrogen-bond donors (Lipinski definition) is 1. The SMILES string of the molecule is CC1(O)Cc2ccccc2-c2nc3ccccc3c(=O)n21. The highest BCUT2D eigenvalue weighted by atomic mass is 16.3. The monoisotopic (exact) mass is 278 g/mol. The van der Waals surface area contributed by atoms with E-state index in [9.17, 15) is 9.90 Å². The van der Waals surface area contributed by atoms with Gasteiger partial charge in [-0.2, -0.15) is 0 Å². The molecule has 0 amide bonds. The summed E-state index contributed by atoms with van der Waals surface area (Å²) in [6, 6.07) is 15.0. The topological polar surface area (TPSA) is 55.1 Å². The molecule has 1 aromatic heterocycles. The van der Waals surface area contributed by atoms with Gasteiger partial charge in [0.15, 0.2) is 0 Å². The third-order valence-corrected chi connectivity index (χ3v) is 4.04. The minimum Gasteiger partial charge on any atom is -0.370 e. The summed E-state index contributed by atoms with van der Waals surface area (Å²) in [6.07, 6.45) is 0.399. The summed E-state index contributed by atoms with van der Waals surface area (Å²) in [5, 5.41) is 11.3. The van der Waals surface area contributed by atoms with Crippen LogP contribution in [0.15, 0.2) is 53.3 Å². The molecule has 4 heteroatoms. The molecule has 104 valence electrons. The Morgan fingerprint density at radius 1 is 1.14 bits per heavy atom. The van der Waals surface area contributed by atoms with Crippen molar-refractivity contribution in [1.82, 2.24) is 9.55 Å². The first kappa shape index (κ1) is 12.3. The number of aromatic nitrogens is 2. The van der Waals surface area contributed by atoms with Crippen LogP contribution in [0.3, 0.4) is 0 Å². The van der Waals surface area contributed by atoms with Crippen LogP contribution in [0.25, 0.3) is 22.3 Å². The Kier molecular flexibility index (Phi) is 2.35. The summed E-state index contributed by atoms with van der Waals surface area (Å²) in [5.41, 5.74) is 1.10. The van der Waals surface area contributed by atoms with E-state index < -0.39 is 5.72 Å². The Bertz CT molecular complexity index is 925. The maximum Gasteiger partial charge on any atom is 0.264 e. The zero-order chi connectivity index (χ0) is 14.6. The van der Waals surface area contributed by atoms with E-state index in [1.807, 2.05) is 42.5 Å². The van der Waals surface area contributed by atoms with Crippen molar-refractivity contribution in [1.29, 1.82) is 0 Å². The molecule has 0 saturated carbocycles. The lowest BCUT2D eigenvalue weighted by atomic mass is 9.93. The summed E-state index contributed by atoms with van der Waals surface area (Å²) in [5.74, 6) is 0.533. The molecule has 0 spiro atoms. The number of rotatable bonds is 0. The van der Waals surface area contributed by atoms with Crippen LogP contribution in [0.4, 0.5) is 0 Å². The van der Waals surface area contributed by atoms with Crippen molar-refractivity contribution in [2.24, 2.45) is 0 Å². The molecule has 4 rings (SSSR count). The van der Waals surface area contributed by atoms with Crippen molar-refractivity contribution in [2.75, 3.05) is 0 Å². The van der Waals surface area contributed by atoms with Crippen LogP contribution in [0.2, 0.25) is 0 Å². The first-order valence-electron chi connectivity index (χ1n) is 6.91. The van der Waals surface area contributed by atoms with Gasteiger partial charge in [0, 0.05) is 12.0 Å². The van der Waals surface area contributed by atoms with Gasteiger partial charge in [0.2, 0.25) is 0 Å². The van der Waals surface area contributed by atoms with Crippen molar-refractivity contribution in [3.05, 3.63) is 64.4 Å². The molecule has 1 aliphatic heterocycles. The van der Waals surface area contributed by atoms with Crippen LogP contribution in [0.5, 0.6) is 0 Å². The molecule has 4 nitrogen and oxygen atoms in total. The lowest BCUT2D eigenvalue weighted by Gasteiger charge is -2.33. The van der Waals surface area contributed by atoms with E-state index in [2.05, 4.69) is 4.98 Å². The highest BCUT2D eigenvalue weighted by molar-refractivity contribution is 5.80. The minimum atomic E-state index is -1.27. The summed E-state index contributed by atoms with van der Waals surface area (Å²) < 4.78 is 1.41. The molecule has 2 aromatic carbocycles. The second-order valence-electron chi connectivity index (χ2n) is 5.64. The third-order valence-electron chi connectivity index (χ3n) is 4.04. The van der Waals surface area contributed by atoms with Crippen molar-refractivity contribution in [3.8, 4) is 11.4 Å². The Hall–Kier alpha value is -2.46. The highest BCUT2D eigenvalue weighted by Crippen LogP contribution is 2.34. The molecule has 0 aliphatic carbocycles. The second-order valence-corrected chi connectivity index (χ2v) is 5.64. The van der Waals surface area contributed by atoms with Gasteiger partial charge >= 0.3 is 0 Å². The maximum atomic E-state index is 12.8. The Balaban J connectivity index is 2.20. The maximum absolute atomic E-state index is 12.8. The number of para-hydroxylation sites is 1. The van der Waals surface area contributed by atoms with Crippen LogP contribution in [0, 0.1) is 0 Å². The van der Waals surface area contributed by atoms with Gasteiger partial charge in [-0.25, -0.2) is 4.98 Å². The Labute approximate surface area is 121 Å². The number of aliphatic hydroxyl groups is 1. The molecule has 1 N–H and O–H groups in total. The molecule has 1 unspecified atom stereocenters. The fourth-order valence-corrected chi connectivity index (χ4v) is 3.09. The number of benzene rings is 2. The average Bonchev–Trinajstić information content (AvgIpc) is 2.46. The molecular formula is C17H14N2O2. The zero-order valence-electron chi connectivity index (χ0n) is 11.6. The molecule has 0 fully saturated rings. The van der Waals surface area contributed by atoms with Gasteiger partial charge in [0.25, 0.3) is 5.56 Å². The quantitative estimate of drug-likeness (QED) is 0.686. The number of nitrogens with zero attached hydrogens (tertiary/aromatic N) is 2. The van der Waals surface area contributed by atoms with E-state index in [-0.39, 0.29) is 5.56 Å². The molecule has 21 heavy (non-hydrogen) atoms. The first-order valence-corrected chi connectivity index (χ1v) is 6.91. The number of fused-ring (bicyclic) bond motifs is 4. The largest absolute Gasteiger partial charge is 0.370 e. The lowest BCUT2D eigenvalue weighted by molar-refractivity contribution is -0.0225. The van der Waals surface area contributed by atoms with E-state index in [1.54, 1.807) is 13.0 Å². The van der Waals surface area contributed by atoms with E-state index in [1.165, 1.54) is 4.57 Å². The lowest BCUT2D eigenvalue weighted by Crippen LogP contribution is -2.44. The van der Waals surface area contributed by atoms with Crippen LogP contribution in [0.1, 0.15) is 12.5 Å².